The number of pyridine rings is 2. The van der Waals surface area contributed by atoms with E-state index in [1.54, 1.807) is 0 Å². The average Bonchev–Trinajstić information content (AvgIpc) is 3.86. The van der Waals surface area contributed by atoms with Crippen molar-refractivity contribution in [2.24, 2.45) is 0 Å². The molecular formula is C55H35N3. The van der Waals surface area contributed by atoms with Gasteiger partial charge in [0, 0.05) is 32.5 Å². The molecule has 12 rings (SSSR count). The lowest BCUT2D eigenvalue weighted by molar-refractivity contribution is 1.09. The number of nitrogens with zero attached hydrogens (tertiary/aromatic N) is 3. The molecule has 270 valence electrons. The van der Waals surface area contributed by atoms with Crippen LogP contribution in [-0.2, 0) is 0 Å². The van der Waals surface area contributed by atoms with Crippen molar-refractivity contribution < 1.29 is 0 Å². The average molecular weight is 738 g/mol. The molecule has 0 aliphatic carbocycles. The Hall–Kier alpha value is -7.75. The van der Waals surface area contributed by atoms with E-state index >= 15 is 0 Å². The monoisotopic (exact) mass is 737 g/mol. The van der Waals surface area contributed by atoms with E-state index in [1.807, 2.05) is 0 Å². The van der Waals surface area contributed by atoms with Crippen LogP contribution < -0.4 is 0 Å². The lowest BCUT2D eigenvalue weighted by Gasteiger charge is -2.16. The topological polar surface area (TPSA) is 22.2 Å². The Morgan fingerprint density at radius 3 is 1.59 bits per heavy atom. The minimum atomic E-state index is 0.878. The van der Waals surface area contributed by atoms with Crippen molar-refractivity contribution in [3.63, 3.8) is 0 Å². The third-order valence-corrected chi connectivity index (χ3v) is 11.8. The molecule has 0 amide bonds. The normalized spacial score (nSPS) is 11.8. The van der Waals surface area contributed by atoms with Crippen LogP contribution in [0.25, 0.3) is 110 Å². The molecule has 3 nitrogen and oxygen atoms in total. The summed E-state index contributed by atoms with van der Waals surface area (Å²) >= 11 is 0. The smallest absolute Gasteiger partial charge is 0.138 e. The van der Waals surface area contributed by atoms with E-state index in [1.165, 1.54) is 65.6 Å². The minimum Gasteiger partial charge on any atom is -0.309 e. The van der Waals surface area contributed by atoms with Crippen LogP contribution in [0.5, 0.6) is 0 Å². The van der Waals surface area contributed by atoms with Crippen LogP contribution in [0.4, 0.5) is 0 Å². The molecule has 0 aliphatic rings. The van der Waals surface area contributed by atoms with Crippen LogP contribution >= 0.6 is 0 Å². The van der Waals surface area contributed by atoms with Crippen molar-refractivity contribution in [3.8, 4) is 50.5 Å². The maximum absolute atomic E-state index is 5.63. The predicted octanol–water partition coefficient (Wildman–Crippen LogP) is 14.6. The van der Waals surface area contributed by atoms with Crippen molar-refractivity contribution in [3.05, 3.63) is 212 Å². The maximum atomic E-state index is 5.63. The zero-order valence-corrected chi connectivity index (χ0v) is 31.5. The zero-order valence-electron chi connectivity index (χ0n) is 31.5. The SMILES string of the molecule is c1ccc(-c2cccc(-c3cc(-c4cccc(-c5ccccc5)c4)nc(-n4c5ccccc5c5ccc6c(c7ccccc7c7cc8ccccc8n76)c54)c3)c2)cc1. The van der Waals surface area contributed by atoms with E-state index in [0.29, 0.717) is 0 Å². The number of fused-ring (bicyclic) bond motifs is 12. The largest absolute Gasteiger partial charge is 0.309 e. The fourth-order valence-corrected chi connectivity index (χ4v) is 9.22. The summed E-state index contributed by atoms with van der Waals surface area (Å²) in [6, 6.07) is 76.8. The van der Waals surface area contributed by atoms with Gasteiger partial charge in [0.05, 0.1) is 33.3 Å². The maximum Gasteiger partial charge on any atom is 0.138 e. The summed E-state index contributed by atoms with van der Waals surface area (Å²) in [5.41, 5.74) is 14.8. The van der Waals surface area contributed by atoms with Crippen LogP contribution in [-0.4, -0.2) is 14.0 Å². The van der Waals surface area contributed by atoms with Gasteiger partial charge in [0.1, 0.15) is 5.82 Å². The highest BCUT2D eigenvalue weighted by atomic mass is 15.1. The number of para-hydroxylation sites is 2. The fraction of sp³-hybridized carbons (Fsp3) is 0. The highest BCUT2D eigenvalue weighted by Crippen LogP contribution is 2.43. The van der Waals surface area contributed by atoms with Gasteiger partial charge in [-0.15, -0.1) is 0 Å². The number of hydrogen-bond acceptors (Lipinski definition) is 1. The molecule has 0 aliphatic heterocycles. The molecule has 8 aromatic carbocycles. The summed E-state index contributed by atoms with van der Waals surface area (Å²) in [6.07, 6.45) is 0. The Labute approximate surface area is 335 Å². The highest BCUT2D eigenvalue weighted by molar-refractivity contribution is 6.27. The van der Waals surface area contributed by atoms with Gasteiger partial charge in [-0.05, 0) is 87.3 Å². The summed E-state index contributed by atoms with van der Waals surface area (Å²) in [7, 11) is 0. The van der Waals surface area contributed by atoms with E-state index in [9.17, 15) is 0 Å². The van der Waals surface area contributed by atoms with Crippen molar-refractivity contribution in [1.82, 2.24) is 14.0 Å². The summed E-state index contributed by atoms with van der Waals surface area (Å²) in [5, 5.41) is 7.31. The first kappa shape index (κ1) is 32.5. The molecule has 58 heavy (non-hydrogen) atoms. The second-order valence-electron chi connectivity index (χ2n) is 15.2. The van der Waals surface area contributed by atoms with Gasteiger partial charge < -0.3 is 4.40 Å². The summed E-state index contributed by atoms with van der Waals surface area (Å²) < 4.78 is 4.87. The van der Waals surface area contributed by atoms with Gasteiger partial charge >= 0.3 is 0 Å². The van der Waals surface area contributed by atoms with E-state index in [2.05, 4.69) is 221 Å². The third kappa shape index (κ3) is 5.04. The Morgan fingerprint density at radius 1 is 0.310 bits per heavy atom. The molecule has 0 saturated heterocycles. The quantitative estimate of drug-likeness (QED) is 0.161. The second kappa shape index (κ2) is 12.9. The van der Waals surface area contributed by atoms with Crippen LogP contribution in [0.1, 0.15) is 0 Å². The predicted molar refractivity (Wildman–Crippen MR) is 244 cm³/mol. The molecule has 0 atom stereocenters. The lowest BCUT2D eigenvalue weighted by atomic mass is 9.97. The molecule has 0 spiro atoms. The number of aromatic nitrogens is 3. The Kier molecular flexibility index (Phi) is 7.23. The molecular weight excluding hydrogens is 703 g/mol. The van der Waals surface area contributed by atoms with Gasteiger partial charge in [0.25, 0.3) is 0 Å². The molecule has 0 N–H and O–H groups in total. The van der Waals surface area contributed by atoms with E-state index in [0.717, 1.165) is 44.8 Å². The Morgan fingerprint density at radius 2 is 0.862 bits per heavy atom. The standard InChI is InChI=1S/C55H35N3/c1-3-15-36(16-4-1)38-20-13-22-40(31-38)43-33-48(41-23-14-21-39(32-41)37-17-5-2-6-18-37)56-53(35-43)58-50-28-12-10-25-45(50)47-29-30-51-54(55(47)58)46-26-9-8-24-44(46)52-34-42-19-7-11-27-49(42)57(51)52/h1-35H. The first-order valence-corrected chi connectivity index (χ1v) is 19.9. The van der Waals surface area contributed by atoms with Gasteiger partial charge in [-0.2, -0.15) is 0 Å². The van der Waals surface area contributed by atoms with Crippen LogP contribution in [0.3, 0.4) is 0 Å². The van der Waals surface area contributed by atoms with Gasteiger partial charge in [0.15, 0.2) is 0 Å². The van der Waals surface area contributed by atoms with Crippen molar-refractivity contribution in [1.29, 1.82) is 0 Å². The van der Waals surface area contributed by atoms with Gasteiger partial charge in [0.2, 0.25) is 0 Å². The van der Waals surface area contributed by atoms with Crippen molar-refractivity contribution >= 4 is 59.9 Å². The molecule has 0 fully saturated rings. The lowest BCUT2D eigenvalue weighted by Crippen LogP contribution is -2.01. The molecule has 0 unspecified atom stereocenters. The van der Waals surface area contributed by atoms with Crippen molar-refractivity contribution in [2.75, 3.05) is 0 Å². The number of rotatable bonds is 5. The van der Waals surface area contributed by atoms with Crippen molar-refractivity contribution in [2.45, 2.75) is 0 Å². The second-order valence-corrected chi connectivity index (χ2v) is 15.2. The number of benzene rings is 8. The summed E-state index contributed by atoms with van der Waals surface area (Å²) in [4.78, 5) is 5.63. The zero-order chi connectivity index (χ0) is 38.2. The molecule has 0 bridgehead atoms. The van der Waals surface area contributed by atoms with E-state index in [-0.39, 0.29) is 0 Å². The molecule has 4 aromatic heterocycles. The molecule has 12 aromatic rings. The van der Waals surface area contributed by atoms with Gasteiger partial charge in [-0.3, -0.25) is 4.57 Å². The van der Waals surface area contributed by atoms with Crippen LogP contribution in [0.2, 0.25) is 0 Å². The number of hydrogen-bond donors (Lipinski definition) is 0. The van der Waals surface area contributed by atoms with E-state index < -0.39 is 0 Å². The Balaban J connectivity index is 1.20. The van der Waals surface area contributed by atoms with Gasteiger partial charge in [-0.25, -0.2) is 4.98 Å². The molecule has 0 radical (unpaired) electrons. The van der Waals surface area contributed by atoms with Crippen LogP contribution in [0, 0.1) is 0 Å². The van der Waals surface area contributed by atoms with Crippen LogP contribution in [0.15, 0.2) is 212 Å². The highest BCUT2D eigenvalue weighted by Gasteiger charge is 2.21. The third-order valence-electron chi connectivity index (χ3n) is 11.8. The Bertz CT molecular complexity index is 3460. The molecule has 4 heterocycles. The molecule has 3 heteroatoms. The van der Waals surface area contributed by atoms with E-state index in [4.69, 9.17) is 4.98 Å². The molecule has 0 saturated carbocycles. The fourth-order valence-electron chi connectivity index (χ4n) is 9.22. The summed E-state index contributed by atoms with van der Waals surface area (Å²) in [5.74, 6) is 0.878. The first-order valence-electron chi connectivity index (χ1n) is 19.9. The van der Waals surface area contributed by atoms with Gasteiger partial charge in [-0.1, -0.05) is 164 Å². The minimum absolute atomic E-state index is 0.878. The first-order chi connectivity index (χ1) is 28.8. The summed E-state index contributed by atoms with van der Waals surface area (Å²) in [6.45, 7) is 0.